The van der Waals surface area contributed by atoms with E-state index in [4.69, 9.17) is 21.7 Å². The van der Waals surface area contributed by atoms with Crippen molar-refractivity contribution in [3.63, 3.8) is 0 Å². The average molecular weight is 516 g/mol. The summed E-state index contributed by atoms with van der Waals surface area (Å²) in [7, 11) is -1.27. The fourth-order valence-corrected chi connectivity index (χ4v) is 3.99. The highest BCUT2D eigenvalue weighted by molar-refractivity contribution is 7.92. The van der Waals surface area contributed by atoms with Crippen molar-refractivity contribution in [2.75, 3.05) is 24.3 Å². The Labute approximate surface area is 206 Å². The van der Waals surface area contributed by atoms with Crippen LogP contribution in [0, 0.1) is 0 Å². The van der Waals surface area contributed by atoms with Gasteiger partial charge in [-0.15, -0.1) is 0 Å². The van der Waals surface area contributed by atoms with Crippen LogP contribution < -0.4 is 24.8 Å². The molecule has 0 aliphatic heterocycles. The van der Waals surface area contributed by atoms with Crippen molar-refractivity contribution in [2.24, 2.45) is 0 Å². The predicted molar refractivity (Wildman–Crippen MR) is 133 cm³/mol. The minimum absolute atomic E-state index is 0.00265. The topological polar surface area (TPSA) is 149 Å². The maximum absolute atomic E-state index is 12.7. The fraction of sp³-hybridized carbons (Fsp3) is 0.136. The van der Waals surface area contributed by atoms with Crippen molar-refractivity contribution in [3.8, 4) is 11.9 Å². The molecule has 0 aliphatic rings. The number of ether oxygens (including phenoxy) is 2. The summed E-state index contributed by atoms with van der Waals surface area (Å²) in [6.07, 6.45) is 0. The smallest absolute Gasteiger partial charge is 0.321 e. The normalized spacial score (nSPS) is 10.7. The summed E-state index contributed by atoms with van der Waals surface area (Å²) in [5, 5.41) is 5.31. The molecule has 0 radical (unpaired) electrons. The van der Waals surface area contributed by atoms with Crippen LogP contribution >= 0.6 is 12.2 Å². The molecule has 13 heteroatoms. The third kappa shape index (κ3) is 6.71. The molecular formula is C22H21N5O6S2. The van der Waals surface area contributed by atoms with Gasteiger partial charge in [0.15, 0.2) is 16.7 Å². The molecule has 3 aromatic rings. The van der Waals surface area contributed by atoms with E-state index in [9.17, 15) is 18.0 Å². The highest BCUT2D eigenvalue weighted by atomic mass is 32.2. The zero-order valence-electron chi connectivity index (χ0n) is 18.9. The molecule has 0 saturated carbocycles. The fourth-order valence-electron chi connectivity index (χ4n) is 2.78. The lowest BCUT2D eigenvalue weighted by Crippen LogP contribution is -2.34. The Morgan fingerprint density at radius 1 is 0.943 bits per heavy atom. The van der Waals surface area contributed by atoms with Crippen LogP contribution in [0.2, 0.25) is 0 Å². The van der Waals surface area contributed by atoms with E-state index in [-0.39, 0.29) is 39.1 Å². The molecule has 11 nitrogen and oxygen atoms in total. The first-order valence-electron chi connectivity index (χ1n) is 9.94. The minimum Gasteiger partial charge on any atom is -0.481 e. The zero-order chi connectivity index (χ0) is 25.6. The molecule has 3 rings (SSSR count). The van der Waals surface area contributed by atoms with Crippen LogP contribution in [0.4, 0.5) is 11.5 Å². The number of methoxy groups -OCH3 is 2. The number of benzene rings is 2. The summed E-state index contributed by atoms with van der Waals surface area (Å²) in [6.45, 7) is 1.41. The van der Waals surface area contributed by atoms with Gasteiger partial charge in [-0.25, -0.2) is 8.42 Å². The van der Waals surface area contributed by atoms with Gasteiger partial charge in [0.25, 0.3) is 15.9 Å². The summed E-state index contributed by atoms with van der Waals surface area (Å²) in [5.41, 5.74) is 1.12. The SMILES string of the molecule is COc1cc(NS(=O)(=O)c2ccc(NC(=S)NC(=O)c3cccc(C(C)=O)c3)cc2)nc(OC)n1. The van der Waals surface area contributed by atoms with Crippen LogP contribution in [0.1, 0.15) is 27.6 Å². The van der Waals surface area contributed by atoms with Gasteiger partial charge in [0.05, 0.1) is 19.1 Å². The number of nitrogens with zero attached hydrogens (tertiary/aromatic N) is 2. The Hall–Kier alpha value is -4.10. The van der Waals surface area contributed by atoms with Gasteiger partial charge in [0.2, 0.25) is 5.88 Å². The van der Waals surface area contributed by atoms with Crippen molar-refractivity contribution < 1.29 is 27.5 Å². The number of nitrogens with one attached hydrogen (secondary N) is 3. The highest BCUT2D eigenvalue weighted by Gasteiger charge is 2.17. The molecule has 0 saturated heterocycles. The summed E-state index contributed by atoms with van der Waals surface area (Å²) < 4.78 is 37.7. The summed E-state index contributed by atoms with van der Waals surface area (Å²) in [4.78, 5) is 31.7. The van der Waals surface area contributed by atoms with Gasteiger partial charge >= 0.3 is 6.01 Å². The number of amides is 1. The molecular weight excluding hydrogens is 494 g/mol. The summed E-state index contributed by atoms with van der Waals surface area (Å²) >= 11 is 5.16. The molecule has 1 aromatic heterocycles. The molecule has 0 fully saturated rings. The van der Waals surface area contributed by atoms with Crippen LogP contribution in [0.3, 0.4) is 0 Å². The van der Waals surface area contributed by atoms with E-state index in [0.717, 1.165) is 0 Å². The van der Waals surface area contributed by atoms with Crippen molar-refractivity contribution >= 4 is 50.5 Å². The number of hydrogen-bond donors (Lipinski definition) is 3. The lowest BCUT2D eigenvalue weighted by molar-refractivity contribution is 0.0977. The van der Waals surface area contributed by atoms with Gasteiger partial charge < -0.3 is 14.8 Å². The highest BCUT2D eigenvalue weighted by Crippen LogP contribution is 2.21. The Morgan fingerprint density at radius 2 is 1.63 bits per heavy atom. The second-order valence-corrected chi connectivity index (χ2v) is 9.05. The van der Waals surface area contributed by atoms with E-state index >= 15 is 0 Å². The third-order valence-electron chi connectivity index (χ3n) is 4.49. The maximum Gasteiger partial charge on any atom is 0.321 e. The van der Waals surface area contributed by atoms with E-state index < -0.39 is 15.9 Å². The van der Waals surface area contributed by atoms with E-state index in [1.165, 1.54) is 57.5 Å². The Bertz CT molecular complexity index is 1360. The van der Waals surface area contributed by atoms with Crippen molar-refractivity contribution in [3.05, 3.63) is 65.7 Å². The van der Waals surface area contributed by atoms with Crippen LogP contribution in [0.5, 0.6) is 11.9 Å². The van der Waals surface area contributed by atoms with E-state index in [2.05, 4.69) is 25.3 Å². The van der Waals surface area contributed by atoms with E-state index in [0.29, 0.717) is 11.3 Å². The van der Waals surface area contributed by atoms with Crippen molar-refractivity contribution in [1.82, 2.24) is 15.3 Å². The Kier molecular flexibility index (Phi) is 7.94. The number of ketones is 1. The number of sulfonamides is 1. The third-order valence-corrected chi connectivity index (χ3v) is 6.07. The number of hydrogen-bond acceptors (Lipinski definition) is 9. The molecule has 35 heavy (non-hydrogen) atoms. The maximum atomic E-state index is 12.7. The predicted octanol–water partition coefficient (Wildman–Crippen LogP) is 2.62. The van der Waals surface area contributed by atoms with E-state index in [1.54, 1.807) is 18.2 Å². The number of Topliss-reactive ketones (excluding diaryl/α,β-unsaturated/α-hetero) is 1. The van der Waals surface area contributed by atoms with Crippen LogP contribution in [-0.2, 0) is 10.0 Å². The number of carbonyl (C=O) groups excluding carboxylic acids is 2. The number of thiocarbonyl (C=S) groups is 1. The molecule has 0 atom stereocenters. The van der Waals surface area contributed by atoms with Gasteiger partial charge in [-0.1, -0.05) is 12.1 Å². The Morgan fingerprint density at radius 3 is 2.26 bits per heavy atom. The molecule has 3 N–H and O–H groups in total. The van der Waals surface area contributed by atoms with Gasteiger partial charge in [-0.05, 0) is 55.5 Å². The first-order chi connectivity index (χ1) is 16.6. The molecule has 2 aromatic carbocycles. The molecule has 0 aliphatic carbocycles. The van der Waals surface area contributed by atoms with E-state index in [1.807, 2.05) is 0 Å². The summed E-state index contributed by atoms with van der Waals surface area (Å²) in [5.74, 6) is -0.570. The van der Waals surface area contributed by atoms with Crippen LogP contribution in [-0.4, -0.2) is 49.4 Å². The molecule has 0 unspecified atom stereocenters. The average Bonchev–Trinajstić information content (AvgIpc) is 2.83. The van der Waals surface area contributed by atoms with Crippen LogP contribution in [0.15, 0.2) is 59.5 Å². The first kappa shape index (κ1) is 25.5. The standard InChI is InChI=1S/C22H21N5O6S2/c1-13(28)14-5-4-6-15(11-14)20(29)26-22(34)23-16-7-9-17(10-8-16)35(30,31)27-18-12-19(32-2)25-21(24-18)33-3/h4-12H,1-3H3,(H,24,25,27)(H2,23,26,29,34). The number of carbonyl (C=O) groups is 2. The lowest BCUT2D eigenvalue weighted by atomic mass is 10.1. The molecule has 0 bridgehead atoms. The van der Waals surface area contributed by atoms with Crippen molar-refractivity contribution in [2.45, 2.75) is 11.8 Å². The molecule has 1 amide bonds. The summed E-state index contributed by atoms with van der Waals surface area (Å²) in [6, 6.07) is 13.1. The molecule has 0 spiro atoms. The zero-order valence-corrected chi connectivity index (χ0v) is 20.5. The Balaban J connectivity index is 1.66. The second kappa shape index (κ2) is 10.9. The van der Waals surface area contributed by atoms with Gasteiger partial charge in [0, 0.05) is 22.9 Å². The largest absolute Gasteiger partial charge is 0.481 e. The van der Waals surface area contributed by atoms with Crippen molar-refractivity contribution in [1.29, 1.82) is 0 Å². The quantitative estimate of drug-likeness (QED) is 0.302. The molecule has 1 heterocycles. The van der Waals surface area contributed by atoms with Gasteiger partial charge in [-0.3, -0.25) is 19.6 Å². The minimum atomic E-state index is -3.98. The van der Waals surface area contributed by atoms with Gasteiger partial charge in [-0.2, -0.15) is 9.97 Å². The molecule has 182 valence electrons. The van der Waals surface area contributed by atoms with Gasteiger partial charge in [0.1, 0.15) is 0 Å². The number of anilines is 2. The number of aromatic nitrogens is 2. The van der Waals surface area contributed by atoms with Crippen LogP contribution in [0.25, 0.3) is 0 Å². The first-order valence-corrected chi connectivity index (χ1v) is 11.8. The number of rotatable bonds is 8. The monoisotopic (exact) mass is 515 g/mol. The lowest BCUT2D eigenvalue weighted by Gasteiger charge is -2.12. The second-order valence-electron chi connectivity index (χ2n) is 6.96.